The zero-order valence-corrected chi connectivity index (χ0v) is 15.3. The lowest BCUT2D eigenvalue weighted by molar-refractivity contribution is -0.149. The normalized spacial score (nSPS) is 26.8. The number of fused-ring (bicyclic) bond motifs is 1. The van der Waals surface area contributed by atoms with Crippen molar-refractivity contribution in [3.8, 4) is 0 Å². The van der Waals surface area contributed by atoms with Crippen molar-refractivity contribution in [3.63, 3.8) is 0 Å². The summed E-state index contributed by atoms with van der Waals surface area (Å²) in [5.74, 6) is -1.30. The fraction of sp³-hybridized carbons (Fsp3) is 0.632. The monoisotopic (exact) mass is 350 g/mol. The van der Waals surface area contributed by atoms with E-state index in [0.29, 0.717) is 18.6 Å². The Morgan fingerprint density at radius 1 is 1.32 bits per heavy atom. The first-order valence-corrected chi connectivity index (χ1v) is 8.62. The number of rotatable bonds is 6. The molecule has 2 aliphatic rings. The standard InChI is InChI=1S/C19H26O6/c1-10(7-6-8-23-13(4)20)16-11(2)9-15-17(12(3)19(22)25-15)18(16)24-14(5)21/h10,15,17-18H,3,6-9H2,1-2,4-5H3/t10-,15+,17+,18+/m0/s1. The first kappa shape index (κ1) is 19.2. The van der Waals surface area contributed by atoms with Gasteiger partial charge in [0.1, 0.15) is 12.2 Å². The molecule has 4 atom stereocenters. The smallest absolute Gasteiger partial charge is 0.334 e. The molecule has 1 heterocycles. The van der Waals surface area contributed by atoms with E-state index < -0.39 is 18.0 Å². The van der Waals surface area contributed by atoms with Gasteiger partial charge < -0.3 is 14.2 Å². The van der Waals surface area contributed by atoms with Crippen LogP contribution in [0.5, 0.6) is 0 Å². The molecule has 138 valence electrons. The van der Waals surface area contributed by atoms with Gasteiger partial charge in [-0.25, -0.2) is 4.79 Å². The summed E-state index contributed by atoms with van der Waals surface area (Å²) in [6.45, 7) is 11.0. The molecule has 1 saturated heterocycles. The zero-order valence-electron chi connectivity index (χ0n) is 15.3. The van der Waals surface area contributed by atoms with Crippen LogP contribution in [0, 0.1) is 11.8 Å². The number of esters is 3. The fourth-order valence-corrected chi connectivity index (χ4v) is 3.83. The third kappa shape index (κ3) is 4.30. The predicted molar refractivity (Wildman–Crippen MR) is 90.4 cm³/mol. The lowest BCUT2D eigenvalue weighted by atomic mass is 9.73. The van der Waals surface area contributed by atoms with Crippen molar-refractivity contribution in [1.82, 2.24) is 0 Å². The second kappa shape index (κ2) is 7.85. The molecule has 0 unspecified atom stereocenters. The van der Waals surface area contributed by atoms with Crippen molar-refractivity contribution in [1.29, 1.82) is 0 Å². The highest BCUT2D eigenvalue weighted by atomic mass is 16.6. The van der Waals surface area contributed by atoms with Gasteiger partial charge in [-0.2, -0.15) is 0 Å². The Bertz CT molecular complexity index is 617. The van der Waals surface area contributed by atoms with Crippen molar-refractivity contribution >= 4 is 17.9 Å². The largest absolute Gasteiger partial charge is 0.466 e. The van der Waals surface area contributed by atoms with Gasteiger partial charge in [-0.05, 0) is 31.3 Å². The summed E-state index contributed by atoms with van der Waals surface area (Å²) >= 11 is 0. The molecule has 0 radical (unpaired) electrons. The minimum absolute atomic E-state index is 0.129. The van der Waals surface area contributed by atoms with E-state index >= 15 is 0 Å². The SMILES string of the molecule is C=C1C(=O)O[C@@H]2CC(C)=C([C@@H](C)CCCOC(C)=O)[C@@H](OC(C)=O)[C@H]12. The second-order valence-electron chi connectivity index (χ2n) is 6.85. The molecule has 25 heavy (non-hydrogen) atoms. The number of ether oxygens (including phenoxy) is 3. The van der Waals surface area contributed by atoms with Gasteiger partial charge in [0, 0.05) is 25.8 Å². The molecule has 2 rings (SSSR count). The van der Waals surface area contributed by atoms with E-state index in [9.17, 15) is 14.4 Å². The molecular formula is C19H26O6. The summed E-state index contributed by atoms with van der Waals surface area (Å²) in [5.41, 5.74) is 2.47. The van der Waals surface area contributed by atoms with Gasteiger partial charge in [-0.1, -0.05) is 19.1 Å². The molecule has 0 N–H and O–H groups in total. The van der Waals surface area contributed by atoms with Crippen LogP contribution >= 0.6 is 0 Å². The third-order valence-corrected chi connectivity index (χ3v) is 4.87. The average molecular weight is 350 g/mol. The lowest BCUT2D eigenvalue weighted by Gasteiger charge is -2.37. The molecule has 0 aromatic heterocycles. The molecule has 0 spiro atoms. The molecule has 0 aromatic rings. The van der Waals surface area contributed by atoms with Crippen LogP contribution in [0.4, 0.5) is 0 Å². The molecular weight excluding hydrogens is 324 g/mol. The van der Waals surface area contributed by atoms with Crippen LogP contribution in [0.2, 0.25) is 0 Å². The van der Waals surface area contributed by atoms with Gasteiger partial charge in [-0.3, -0.25) is 9.59 Å². The Labute approximate surface area is 148 Å². The molecule has 1 aliphatic carbocycles. The maximum Gasteiger partial charge on any atom is 0.334 e. The molecule has 1 fully saturated rings. The van der Waals surface area contributed by atoms with Gasteiger partial charge >= 0.3 is 17.9 Å². The molecule has 1 aliphatic heterocycles. The van der Waals surface area contributed by atoms with Crippen molar-refractivity contribution in [2.45, 2.75) is 59.2 Å². The van der Waals surface area contributed by atoms with Gasteiger partial charge in [0.15, 0.2) is 0 Å². The summed E-state index contributed by atoms with van der Waals surface area (Å²) in [6.07, 6.45) is 1.28. The number of carbonyl (C=O) groups is 3. The Balaban J connectivity index is 2.19. The molecule has 0 bridgehead atoms. The minimum atomic E-state index is -0.529. The second-order valence-corrected chi connectivity index (χ2v) is 6.85. The van der Waals surface area contributed by atoms with E-state index in [2.05, 4.69) is 13.5 Å². The fourth-order valence-electron chi connectivity index (χ4n) is 3.83. The quantitative estimate of drug-likeness (QED) is 0.241. The molecule has 6 nitrogen and oxygen atoms in total. The minimum Gasteiger partial charge on any atom is -0.466 e. The highest BCUT2D eigenvalue weighted by Gasteiger charge is 2.49. The van der Waals surface area contributed by atoms with Crippen LogP contribution in [0.25, 0.3) is 0 Å². The van der Waals surface area contributed by atoms with Crippen LogP contribution < -0.4 is 0 Å². The van der Waals surface area contributed by atoms with Gasteiger partial charge in [-0.15, -0.1) is 0 Å². The molecule has 0 amide bonds. The Kier molecular flexibility index (Phi) is 6.03. The van der Waals surface area contributed by atoms with E-state index in [4.69, 9.17) is 14.2 Å². The summed E-state index contributed by atoms with van der Waals surface area (Å²) in [4.78, 5) is 34.4. The van der Waals surface area contributed by atoms with Crippen LogP contribution in [0.3, 0.4) is 0 Å². The van der Waals surface area contributed by atoms with Crippen LogP contribution in [-0.2, 0) is 28.6 Å². The van der Waals surface area contributed by atoms with E-state index in [0.717, 1.165) is 24.0 Å². The Morgan fingerprint density at radius 3 is 2.60 bits per heavy atom. The summed E-state index contributed by atoms with van der Waals surface area (Å²) < 4.78 is 16.0. The first-order valence-electron chi connectivity index (χ1n) is 8.62. The van der Waals surface area contributed by atoms with Crippen LogP contribution in [0.1, 0.15) is 47.0 Å². The third-order valence-electron chi connectivity index (χ3n) is 4.87. The maximum atomic E-state index is 11.9. The zero-order chi connectivity index (χ0) is 18.7. The van der Waals surface area contributed by atoms with Crippen LogP contribution in [0.15, 0.2) is 23.3 Å². The topological polar surface area (TPSA) is 78.9 Å². The lowest BCUT2D eigenvalue weighted by Crippen LogP contribution is -2.40. The van der Waals surface area contributed by atoms with E-state index in [1.807, 2.05) is 6.92 Å². The first-order chi connectivity index (χ1) is 11.7. The Hall–Kier alpha value is -2.11. The number of hydrogen-bond acceptors (Lipinski definition) is 6. The Morgan fingerprint density at radius 2 is 2.00 bits per heavy atom. The van der Waals surface area contributed by atoms with Gasteiger partial charge in [0.2, 0.25) is 0 Å². The van der Waals surface area contributed by atoms with Crippen LogP contribution in [-0.4, -0.2) is 36.7 Å². The van der Waals surface area contributed by atoms with Gasteiger partial charge in [0.05, 0.1) is 12.5 Å². The van der Waals surface area contributed by atoms with Crippen molar-refractivity contribution in [3.05, 3.63) is 23.3 Å². The highest BCUT2D eigenvalue weighted by molar-refractivity contribution is 5.91. The number of hydrogen-bond donors (Lipinski definition) is 0. The number of carbonyl (C=O) groups excluding carboxylic acids is 3. The highest BCUT2D eigenvalue weighted by Crippen LogP contribution is 2.45. The summed E-state index contributed by atoms with van der Waals surface area (Å²) in [6, 6.07) is 0. The van der Waals surface area contributed by atoms with Crippen molar-refractivity contribution < 1.29 is 28.6 Å². The predicted octanol–water partition coefficient (Wildman–Crippen LogP) is 2.72. The van der Waals surface area contributed by atoms with Crippen molar-refractivity contribution in [2.75, 3.05) is 6.61 Å². The molecule has 6 heteroatoms. The van der Waals surface area contributed by atoms with E-state index in [1.54, 1.807) is 0 Å². The molecule has 0 aromatic carbocycles. The van der Waals surface area contributed by atoms with E-state index in [-0.39, 0.29) is 23.9 Å². The average Bonchev–Trinajstić information content (AvgIpc) is 2.77. The maximum absolute atomic E-state index is 11.9. The summed E-state index contributed by atoms with van der Waals surface area (Å²) in [5, 5.41) is 0. The van der Waals surface area contributed by atoms with E-state index in [1.165, 1.54) is 13.8 Å². The van der Waals surface area contributed by atoms with Crippen molar-refractivity contribution in [2.24, 2.45) is 11.8 Å². The summed E-state index contributed by atoms with van der Waals surface area (Å²) in [7, 11) is 0. The van der Waals surface area contributed by atoms with Gasteiger partial charge in [0.25, 0.3) is 0 Å². The molecule has 0 saturated carbocycles.